The van der Waals surface area contributed by atoms with Crippen LogP contribution in [0.5, 0.6) is 0 Å². The zero-order chi connectivity index (χ0) is 14.4. The zero-order valence-corrected chi connectivity index (χ0v) is 12.5. The zero-order valence-electron chi connectivity index (χ0n) is 11.7. The van der Waals surface area contributed by atoms with E-state index < -0.39 is 0 Å². The monoisotopic (exact) mass is 296 g/mol. The Labute approximate surface area is 124 Å². The molecule has 1 aliphatic heterocycles. The average molecular weight is 297 g/mol. The molecule has 0 bridgehead atoms. The van der Waals surface area contributed by atoms with Gasteiger partial charge in [0.15, 0.2) is 0 Å². The van der Waals surface area contributed by atoms with Crippen LogP contribution >= 0.6 is 11.6 Å². The minimum atomic E-state index is -0.0786. The topological polar surface area (TPSA) is 50.4 Å². The lowest BCUT2D eigenvalue weighted by Crippen LogP contribution is -2.34. The highest BCUT2D eigenvalue weighted by Crippen LogP contribution is 2.22. The summed E-state index contributed by atoms with van der Waals surface area (Å²) >= 11 is 5.99. The van der Waals surface area contributed by atoms with Crippen LogP contribution in [0, 0.1) is 5.92 Å². The Kier molecular flexibility index (Phi) is 5.83. The van der Waals surface area contributed by atoms with Crippen molar-refractivity contribution in [1.82, 2.24) is 5.32 Å². The van der Waals surface area contributed by atoms with Gasteiger partial charge in [0.1, 0.15) is 0 Å². The number of para-hydroxylation sites is 1. The second-order valence-electron chi connectivity index (χ2n) is 5.03. The number of anilines is 1. The fourth-order valence-electron chi connectivity index (χ4n) is 2.51. The molecule has 2 unspecified atom stereocenters. The maximum atomic E-state index is 11.8. The number of carbonyl (C=O) groups is 1. The van der Waals surface area contributed by atoms with E-state index in [0.29, 0.717) is 22.7 Å². The first-order chi connectivity index (χ1) is 9.70. The van der Waals surface area contributed by atoms with Gasteiger partial charge in [-0.1, -0.05) is 30.7 Å². The molecule has 4 nitrogen and oxygen atoms in total. The Hall–Kier alpha value is -1.10. The summed E-state index contributed by atoms with van der Waals surface area (Å²) in [5, 5.41) is 6.54. The molecular formula is C15H21ClN2O2. The van der Waals surface area contributed by atoms with Gasteiger partial charge in [0.2, 0.25) is 5.91 Å². The molecule has 5 heteroatoms. The highest BCUT2D eigenvalue weighted by molar-refractivity contribution is 6.33. The molecular weight excluding hydrogens is 276 g/mol. The number of ether oxygens (including phenoxy) is 1. The van der Waals surface area contributed by atoms with Crippen LogP contribution in [0.4, 0.5) is 5.69 Å². The molecule has 1 aromatic carbocycles. The van der Waals surface area contributed by atoms with Crippen LogP contribution < -0.4 is 10.6 Å². The Morgan fingerprint density at radius 3 is 3.00 bits per heavy atom. The van der Waals surface area contributed by atoms with Gasteiger partial charge in [-0.25, -0.2) is 0 Å². The molecule has 1 amide bonds. The van der Waals surface area contributed by atoms with Crippen LogP contribution in [0.1, 0.15) is 19.8 Å². The Morgan fingerprint density at radius 2 is 2.25 bits per heavy atom. The SMILES string of the molecule is CCC1OCCC1CNCC(=O)Nc1ccccc1Cl. The third-order valence-electron chi connectivity index (χ3n) is 3.59. The van der Waals surface area contributed by atoms with Crippen molar-refractivity contribution in [2.24, 2.45) is 5.92 Å². The smallest absolute Gasteiger partial charge is 0.238 e. The van der Waals surface area contributed by atoms with Crippen LogP contribution in [0.25, 0.3) is 0 Å². The summed E-state index contributed by atoms with van der Waals surface area (Å²) in [5.74, 6) is 0.429. The molecule has 1 fully saturated rings. The highest BCUT2D eigenvalue weighted by atomic mass is 35.5. The number of hydrogen-bond acceptors (Lipinski definition) is 3. The van der Waals surface area contributed by atoms with Crippen LogP contribution in [0.3, 0.4) is 0 Å². The fourth-order valence-corrected chi connectivity index (χ4v) is 2.69. The number of amides is 1. The van der Waals surface area contributed by atoms with E-state index in [0.717, 1.165) is 26.0 Å². The number of halogens is 1. The predicted octanol–water partition coefficient (Wildman–Crippen LogP) is 2.68. The Morgan fingerprint density at radius 1 is 1.45 bits per heavy atom. The molecule has 2 atom stereocenters. The van der Waals surface area contributed by atoms with E-state index in [4.69, 9.17) is 16.3 Å². The van der Waals surface area contributed by atoms with Gasteiger partial charge in [0.25, 0.3) is 0 Å². The molecule has 2 rings (SSSR count). The number of nitrogens with one attached hydrogen (secondary N) is 2. The van der Waals surface area contributed by atoms with Crippen molar-refractivity contribution in [1.29, 1.82) is 0 Å². The molecule has 1 heterocycles. The molecule has 0 aliphatic carbocycles. The fraction of sp³-hybridized carbons (Fsp3) is 0.533. The van der Waals surface area contributed by atoms with Crippen LogP contribution in [-0.2, 0) is 9.53 Å². The maximum absolute atomic E-state index is 11.8. The van der Waals surface area contributed by atoms with E-state index in [2.05, 4.69) is 17.6 Å². The van der Waals surface area contributed by atoms with E-state index in [9.17, 15) is 4.79 Å². The third kappa shape index (κ3) is 4.20. The molecule has 1 saturated heterocycles. The second kappa shape index (κ2) is 7.62. The summed E-state index contributed by atoms with van der Waals surface area (Å²) in [6, 6.07) is 7.22. The molecule has 1 aromatic rings. The van der Waals surface area contributed by atoms with Crippen molar-refractivity contribution in [3.05, 3.63) is 29.3 Å². The highest BCUT2D eigenvalue weighted by Gasteiger charge is 2.26. The van der Waals surface area contributed by atoms with Crippen LogP contribution in [0.15, 0.2) is 24.3 Å². The van der Waals surface area contributed by atoms with Gasteiger partial charge in [0, 0.05) is 13.2 Å². The second-order valence-corrected chi connectivity index (χ2v) is 5.43. The lowest BCUT2D eigenvalue weighted by atomic mass is 10.00. The predicted molar refractivity (Wildman–Crippen MR) is 81.1 cm³/mol. The standard InChI is InChI=1S/C15H21ClN2O2/c1-2-14-11(7-8-20-14)9-17-10-15(19)18-13-6-4-3-5-12(13)16/h3-6,11,14,17H,2,7-10H2,1H3,(H,18,19). The van der Waals surface area contributed by atoms with Gasteiger partial charge in [-0.15, -0.1) is 0 Å². The van der Waals surface area contributed by atoms with Gasteiger partial charge < -0.3 is 15.4 Å². The Balaban J connectivity index is 1.72. The number of benzene rings is 1. The third-order valence-corrected chi connectivity index (χ3v) is 3.92. The Bertz CT molecular complexity index is 453. The molecule has 0 spiro atoms. The first-order valence-corrected chi connectivity index (χ1v) is 7.45. The van der Waals surface area contributed by atoms with Gasteiger partial charge in [0.05, 0.1) is 23.4 Å². The summed E-state index contributed by atoms with van der Waals surface area (Å²) in [4.78, 5) is 11.8. The first-order valence-electron chi connectivity index (χ1n) is 7.07. The molecule has 2 N–H and O–H groups in total. The molecule has 0 radical (unpaired) electrons. The van der Waals surface area contributed by atoms with E-state index in [-0.39, 0.29) is 12.5 Å². The van der Waals surface area contributed by atoms with Crippen molar-refractivity contribution >= 4 is 23.2 Å². The van der Waals surface area contributed by atoms with Crippen LogP contribution in [0.2, 0.25) is 5.02 Å². The number of carbonyl (C=O) groups excluding carboxylic acids is 1. The van der Waals surface area contributed by atoms with Crippen molar-refractivity contribution < 1.29 is 9.53 Å². The van der Waals surface area contributed by atoms with Crippen LogP contribution in [-0.4, -0.2) is 31.7 Å². The normalized spacial score (nSPS) is 21.9. The van der Waals surface area contributed by atoms with Crippen molar-refractivity contribution in [3.63, 3.8) is 0 Å². The van der Waals surface area contributed by atoms with E-state index in [1.165, 1.54) is 0 Å². The molecule has 110 valence electrons. The van der Waals surface area contributed by atoms with E-state index >= 15 is 0 Å². The van der Waals surface area contributed by atoms with Crippen molar-refractivity contribution in [2.45, 2.75) is 25.9 Å². The molecule has 1 aliphatic rings. The quantitative estimate of drug-likeness (QED) is 0.848. The molecule has 20 heavy (non-hydrogen) atoms. The van der Waals surface area contributed by atoms with Crippen molar-refractivity contribution in [2.75, 3.05) is 25.0 Å². The minimum absolute atomic E-state index is 0.0786. The minimum Gasteiger partial charge on any atom is -0.378 e. The summed E-state index contributed by atoms with van der Waals surface area (Å²) in [6.07, 6.45) is 2.42. The maximum Gasteiger partial charge on any atom is 0.238 e. The van der Waals surface area contributed by atoms with E-state index in [1.807, 2.05) is 12.1 Å². The summed E-state index contributed by atoms with van der Waals surface area (Å²) in [7, 11) is 0. The number of rotatable bonds is 6. The summed E-state index contributed by atoms with van der Waals surface area (Å²) < 4.78 is 5.63. The van der Waals surface area contributed by atoms with Gasteiger partial charge in [-0.05, 0) is 30.9 Å². The van der Waals surface area contributed by atoms with Gasteiger partial charge in [-0.3, -0.25) is 4.79 Å². The average Bonchev–Trinajstić information content (AvgIpc) is 2.89. The van der Waals surface area contributed by atoms with E-state index in [1.54, 1.807) is 12.1 Å². The summed E-state index contributed by atoms with van der Waals surface area (Å²) in [6.45, 7) is 4.07. The largest absolute Gasteiger partial charge is 0.378 e. The van der Waals surface area contributed by atoms with Gasteiger partial charge in [-0.2, -0.15) is 0 Å². The molecule has 0 saturated carbocycles. The van der Waals surface area contributed by atoms with Gasteiger partial charge >= 0.3 is 0 Å². The lowest BCUT2D eigenvalue weighted by Gasteiger charge is -2.17. The number of hydrogen-bond donors (Lipinski definition) is 2. The summed E-state index contributed by atoms with van der Waals surface area (Å²) in [5.41, 5.74) is 0.650. The first kappa shape index (κ1) is 15.3. The molecule has 0 aromatic heterocycles. The van der Waals surface area contributed by atoms with Crippen molar-refractivity contribution in [3.8, 4) is 0 Å². The lowest BCUT2D eigenvalue weighted by molar-refractivity contribution is -0.115.